The third-order valence-corrected chi connectivity index (χ3v) is 4.38. The number of alkyl halides is 1. The molecule has 1 amide bonds. The van der Waals surface area contributed by atoms with Gasteiger partial charge in [0.05, 0.1) is 11.4 Å². The zero-order chi connectivity index (χ0) is 15.7. The van der Waals surface area contributed by atoms with E-state index in [0.717, 1.165) is 22.0 Å². The van der Waals surface area contributed by atoms with Crippen LogP contribution in [0.25, 0.3) is 16.5 Å². The van der Waals surface area contributed by atoms with Crippen molar-refractivity contribution in [3.05, 3.63) is 41.6 Å². The monoisotopic (exact) mass is 362 g/mol. The first-order valence-corrected chi connectivity index (χ1v) is 7.95. The Morgan fingerprint density at radius 3 is 3.00 bits per heavy atom. The minimum atomic E-state index is -0.410. The molecule has 5 nitrogen and oxygen atoms in total. The quantitative estimate of drug-likeness (QED) is 0.490. The molecule has 1 aliphatic rings. The number of para-hydroxylation sites is 1. The van der Waals surface area contributed by atoms with Crippen LogP contribution in [-0.2, 0) is 9.53 Å². The molecule has 0 radical (unpaired) electrons. The average molecular weight is 363 g/mol. The Balaban J connectivity index is 2.24. The summed E-state index contributed by atoms with van der Waals surface area (Å²) in [6.45, 7) is 2.48. The van der Waals surface area contributed by atoms with E-state index in [1.807, 2.05) is 24.3 Å². The second-order valence-electron chi connectivity index (χ2n) is 4.95. The van der Waals surface area contributed by atoms with Gasteiger partial charge in [0, 0.05) is 29.1 Å². The van der Waals surface area contributed by atoms with Gasteiger partial charge in [-0.3, -0.25) is 4.79 Å². The number of nitrogens with one attached hydrogen (secondary N) is 2. The van der Waals surface area contributed by atoms with Crippen LogP contribution in [0.4, 0.5) is 0 Å². The highest BCUT2D eigenvalue weighted by Gasteiger charge is 2.28. The van der Waals surface area contributed by atoms with Crippen LogP contribution in [0.2, 0.25) is 0 Å². The first kappa shape index (κ1) is 14.8. The fourth-order valence-electron chi connectivity index (χ4n) is 2.62. The molecule has 1 unspecified atom stereocenters. The van der Waals surface area contributed by atoms with Crippen LogP contribution in [0.5, 0.6) is 0 Å². The van der Waals surface area contributed by atoms with E-state index in [2.05, 4.69) is 26.2 Å². The highest BCUT2D eigenvalue weighted by Crippen LogP contribution is 2.35. The Morgan fingerprint density at radius 2 is 2.23 bits per heavy atom. The lowest BCUT2D eigenvalue weighted by Crippen LogP contribution is -2.27. The van der Waals surface area contributed by atoms with Gasteiger partial charge in [0.2, 0.25) is 0 Å². The van der Waals surface area contributed by atoms with Crippen molar-refractivity contribution in [3.63, 3.8) is 0 Å². The second kappa shape index (κ2) is 5.96. The number of rotatable bonds is 2. The van der Waals surface area contributed by atoms with Crippen molar-refractivity contribution >= 4 is 44.3 Å². The first-order chi connectivity index (χ1) is 10.6. The van der Waals surface area contributed by atoms with Gasteiger partial charge in [0.25, 0.3) is 5.91 Å². The molecule has 2 heterocycles. The summed E-state index contributed by atoms with van der Waals surface area (Å²) < 4.78 is 5.01. The number of amides is 1. The third-order valence-electron chi connectivity index (χ3n) is 3.56. The summed E-state index contributed by atoms with van der Waals surface area (Å²) in [7, 11) is 0. The summed E-state index contributed by atoms with van der Waals surface area (Å²) in [6.07, 6.45) is 1.46. The Morgan fingerprint density at radius 1 is 1.45 bits per heavy atom. The van der Waals surface area contributed by atoms with Gasteiger partial charge in [-0.2, -0.15) is 0 Å². The maximum absolute atomic E-state index is 12.3. The van der Waals surface area contributed by atoms with Crippen molar-refractivity contribution in [3.8, 4) is 0 Å². The van der Waals surface area contributed by atoms with Crippen molar-refractivity contribution in [2.75, 3.05) is 13.2 Å². The molecule has 1 aromatic carbocycles. The molecule has 1 aromatic heterocycles. The zero-order valence-electron chi connectivity index (χ0n) is 12.0. The number of carbonyl (C=O) groups excluding carboxylic acids is 2. The number of aromatic nitrogens is 1. The normalized spacial score (nSPS) is 19.6. The fourth-order valence-corrected chi connectivity index (χ4v) is 3.15. The summed E-state index contributed by atoms with van der Waals surface area (Å²) >= 11 is 3.55. The van der Waals surface area contributed by atoms with Gasteiger partial charge in [-0.25, -0.2) is 4.79 Å². The number of carbonyl (C=O) groups is 2. The first-order valence-electron chi connectivity index (χ1n) is 7.03. The van der Waals surface area contributed by atoms with Crippen LogP contribution >= 0.6 is 15.9 Å². The molecule has 2 N–H and O–H groups in total. The van der Waals surface area contributed by atoms with Crippen molar-refractivity contribution in [2.45, 2.75) is 11.8 Å². The Bertz CT molecular complexity index is 779. The van der Waals surface area contributed by atoms with Crippen molar-refractivity contribution in [1.82, 2.24) is 10.3 Å². The minimum Gasteiger partial charge on any atom is -0.463 e. The van der Waals surface area contributed by atoms with E-state index in [1.54, 1.807) is 6.92 Å². The number of fused-ring (bicyclic) bond motifs is 3. The van der Waals surface area contributed by atoms with Crippen LogP contribution in [0, 0.1) is 0 Å². The largest absolute Gasteiger partial charge is 0.463 e. The molecule has 22 heavy (non-hydrogen) atoms. The maximum Gasteiger partial charge on any atom is 0.331 e. The molecule has 0 saturated heterocycles. The summed E-state index contributed by atoms with van der Waals surface area (Å²) in [6, 6.07) is 7.64. The standard InChI is InChI=1S/C16H15BrN2O3/c1-2-22-13(20)7-10-11(17)8-18-16(21)15-14(10)9-5-3-4-6-12(9)19-15/h3-7,11,19H,2,8H2,1H3,(H,18,21)/b10-7+. The molecule has 0 fully saturated rings. The molecule has 3 rings (SSSR count). The van der Waals surface area contributed by atoms with Gasteiger partial charge in [-0.15, -0.1) is 0 Å². The fraction of sp³-hybridized carbons (Fsp3) is 0.250. The van der Waals surface area contributed by atoms with Crippen LogP contribution < -0.4 is 5.32 Å². The van der Waals surface area contributed by atoms with E-state index in [1.165, 1.54) is 6.08 Å². The third kappa shape index (κ3) is 2.54. The SMILES string of the molecule is CCOC(=O)/C=C1/c2c([nH]c3ccccc23)C(=O)NCC1Br. The molecule has 1 atom stereocenters. The molecule has 0 bridgehead atoms. The molecular formula is C16H15BrN2O3. The number of hydrogen-bond donors (Lipinski definition) is 2. The van der Waals surface area contributed by atoms with Gasteiger partial charge in [0.1, 0.15) is 5.69 Å². The molecule has 6 heteroatoms. The lowest BCUT2D eigenvalue weighted by molar-refractivity contribution is -0.137. The second-order valence-corrected chi connectivity index (χ2v) is 6.06. The lowest BCUT2D eigenvalue weighted by Gasteiger charge is -2.11. The summed E-state index contributed by atoms with van der Waals surface area (Å²) in [5.74, 6) is -0.588. The van der Waals surface area contributed by atoms with Gasteiger partial charge in [-0.05, 0) is 18.6 Å². The number of hydrogen-bond acceptors (Lipinski definition) is 3. The summed E-state index contributed by atoms with van der Waals surface area (Å²) in [4.78, 5) is 27.1. The number of ether oxygens (including phenoxy) is 1. The van der Waals surface area contributed by atoms with Gasteiger partial charge < -0.3 is 15.0 Å². The van der Waals surface area contributed by atoms with Crippen LogP contribution in [0.3, 0.4) is 0 Å². The molecular weight excluding hydrogens is 348 g/mol. The number of halogens is 1. The Hall–Kier alpha value is -2.08. The highest BCUT2D eigenvalue weighted by atomic mass is 79.9. The molecule has 2 aromatic rings. The Kier molecular flexibility index (Phi) is 4.02. The number of benzene rings is 1. The van der Waals surface area contributed by atoms with E-state index in [4.69, 9.17) is 4.74 Å². The van der Waals surface area contributed by atoms with E-state index < -0.39 is 5.97 Å². The van der Waals surface area contributed by atoms with E-state index in [9.17, 15) is 9.59 Å². The average Bonchev–Trinajstić information content (AvgIpc) is 2.84. The van der Waals surface area contributed by atoms with E-state index in [0.29, 0.717) is 18.8 Å². The van der Waals surface area contributed by atoms with Gasteiger partial charge >= 0.3 is 5.97 Å². The van der Waals surface area contributed by atoms with Crippen LogP contribution in [-0.4, -0.2) is 34.8 Å². The van der Waals surface area contributed by atoms with Gasteiger partial charge in [-0.1, -0.05) is 34.1 Å². The summed E-state index contributed by atoms with van der Waals surface area (Å²) in [5.41, 5.74) is 2.82. The molecule has 0 spiro atoms. The predicted molar refractivity (Wildman–Crippen MR) is 88.0 cm³/mol. The lowest BCUT2D eigenvalue weighted by atomic mass is 9.99. The van der Waals surface area contributed by atoms with E-state index >= 15 is 0 Å². The minimum absolute atomic E-state index is 0.165. The van der Waals surface area contributed by atoms with Crippen LogP contribution in [0.1, 0.15) is 23.0 Å². The predicted octanol–water partition coefficient (Wildman–Crippen LogP) is 2.62. The molecule has 114 valence electrons. The van der Waals surface area contributed by atoms with Crippen molar-refractivity contribution < 1.29 is 14.3 Å². The molecule has 0 aliphatic carbocycles. The van der Waals surface area contributed by atoms with Gasteiger partial charge in [0.15, 0.2) is 0 Å². The summed E-state index contributed by atoms with van der Waals surface area (Å²) in [5, 5.41) is 3.75. The number of esters is 1. The highest BCUT2D eigenvalue weighted by molar-refractivity contribution is 9.09. The zero-order valence-corrected chi connectivity index (χ0v) is 13.6. The van der Waals surface area contributed by atoms with Crippen molar-refractivity contribution in [1.29, 1.82) is 0 Å². The van der Waals surface area contributed by atoms with E-state index in [-0.39, 0.29) is 10.7 Å². The number of H-pyrrole nitrogens is 1. The topological polar surface area (TPSA) is 71.2 Å². The maximum atomic E-state index is 12.3. The smallest absolute Gasteiger partial charge is 0.331 e. The molecule has 1 aliphatic heterocycles. The molecule has 0 saturated carbocycles. The van der Waals surface area contributed by atoms with Crippen LogP contribution in [0.15, 0.2) is 30.3 Å². The van der Waals surface area contributed by atoms with Crippen molar-refractivity contribution in [2.24, 2.45) is 0 Å². The number of aromatic amines is 1. The Labute approximate surface area is 135 Å².